The van der Waals surface area contributed by atoms with Crippen molar-refractivity contribution in [2.75, 3.05) is 0 Å². The molecular weight excluding hydrogens is 2920 g/mol. The molecule has 0 aromatic heterocycles. The van der Waals surface area contributed by atoms with Gasteiger partial charge in [0.1, 0.15) is 16.1 Å². The predicted molar refractivity (Wildman–Crippen MR) is 420 cm³/mol. The van der Waals surface area contributed by atoms with Crippen LogP contribution in [0.5, 0.6) is 0 Å². The molecule has 0 amide bonds. The van der Waals surface area contributed by atoms with Crippen molar-refractivity contribution in [3.05, 3.63) is 0 Å². The largest absolute Gasteiger partial charge is 0.481 e. The molecule has 0 aliphatic carbocycles. The van der Waals surface area contributed by atoms with Gasteiger partial charge in [-0.05, 0) is 134 Å². The lowest BCUT2D eigenvalue weighted by molar-refractivity contribution is 0.0692. The summed E-state index contributed by atoms with van der Waals surface area (Å²) >= 11 is 113. The van der Waals surface area contributed by atoms with Crippen LogP contribution in [0.1, 0.15) is 135 Å². The molecule has 0 rings (SSSR count). The smallest absolute Gasteiger partial charge is 0.255 e. The van der Waals surface area contributed by atoms with Gasteiger partial charge in [-0.2, -0.15) is 0 Å². The van der Waals surface area contributed by atoms with E-state index in [1.54, 1.807) is 0 Å². The number of halogens is 30. The van der Waals surface area contributed by atoms with E-state index in [9.17, 15) is 0 Å². The van der Waals surface area contributed by atoms with Crippen molar-refractivity contribution in [1.82, 2.24) is 0 Å². The number of unbranched alkanes of at least 4 members (excludes halogenated alkanes) is 12. The van der Waals surface area contributed by atoms with Gasteiger partial charge in [0.05, 0.1) is 0 Å². The summed E-state index contributed by atoms with van der Waals surface area (Å²) in [7, 11) is -4.98. The van der Waals surface area contributed by atoms with E-state index in [1.807, 2.05) is 0 Å². The van der Waals surface area contributed by atoms with Gasteiger partial charge in [0.15, 0.2) is 9.70 Å². The van der Waals surface area contributed by atoms with E-state index in [0.29, 0.717) is 0 Å². The van der Waals surface area contributed by atoms with Gasteiger partial charge in [0.2, 0.25) is 10.3 Å². The zero-order chi connectivity index (χ0) is 56.2. The molecule has 4 nitrogen and oxygen atoms in total. The van der Waals surface area contributed by atoms with Crippen LogP contribution in [0, 0.1) is 0 Å². The molecule has 0 aromatic carbocycles. The van der Waals surface area contributed by atoms with Crippen molar-refractivity contribution in [3.63, 3.8) is 0 Å². The van der Waals surface area contributed by atoms with Crippen LogP contribution in [0.15, 0.2) is 0 Å². The normalized spacial score (nSPS) is 17.1. The van der Waals surface area contributed by atoms with Crippen molar-refractivity contribution < 1.29 is 18.1 Å². The van der Waals surface area contributed by atoms with Gasteiger partial charge in [0, 0.05) is 14.5 Å². The molecule has 71 heavy (non-hydrogen) atoms. The fraction of sp³-hybridized carbons (Fsp3) is 1.00. The van der Waals surface area contributed by atoms with E-state index < -0.39 is 37.5 Å². The molecule has 0 N–H and O–H groups in total. The first-order chi connectivity index (χ1) is 31.5. The van der Waals surface area contributed by atoms with Crippen molar-refractivity contribution in [3.8, 4) is 0 Å². The molecule has 428 valence electrons. The monoisotopic (exact) mass is 2940 g/mol. The second kappa shape index (κ2) is 37.4. The first-order valence-electron chi connectivity index (χ1n) is 20.8. The Morgan fingerprint density at radius 3 is 0.634 bits per heavy atom. The minimum atomic E-state index is -4.98. The molecule has 0 spiro atoms. The summed E-state index contributed by atoms with van der Waals surface area (Å²) in [5.74, 6) is 0. The van der Waals surface area contributed by atoms with Gasteiger partial charge in [-0.3, -0.25) is 13.6 Å². The highest BCUT2D eigenvalue weighted by Crippen LogP contribution is 2.76. The first-order valence-corrected chi connectivity index (χ1v) is 46.4. The van der Waals surface area contributed by atoms with Gasteiger partial charge < -0.3 is 0 Å². The van der Waals surface area contributed by atoms with Crippen LogP contribution in [-0.2, 0) is 18.1 Å². The minimum Gasteiger partial charge on any atom is -0.255 e. The second-order valence-corrected chi connectivity index (χ2v) is 73.5. The molecule has 0 radical (unpaired) electrons. The van der Waals surface area contributed by atoms with E-state index in [4.69, 9.17) is 13.6 Å². The zero-order valence-corrected chi connectivity index (χ0v) is 84.5. The summed E-state index contributed by atoms with van der Waals surface area (Å²) in [6.07, 6.45) is 20.8. The maximum atomic E-state index is 16.0. The van der Waals surface area contributed by atoms with E-state index in [0.717, 1.165) is 135 Å². The molecule has 0 aliphatic rings. The summed E-state index contributed by atoms with van der Waals surface area (Å²) in [5, 5.41) is 0. The predicted octanol–water partition coefficient (Wildman–Crippen LogP) is 31.4. The molecule has 0 aliphatic heterocycles. The van der Waals surface area contributed by atoms with Gasteiger partial charge in [-0.25, -0.2) is 4.57 Å². The summed E-state index contributed by atoms with van der Waals surface area (Å²) in [5.41, 5.74) is 0. The molecule has 35 heteroatoms. The second-order valence-electron chi connectivity index (χ2n) is 16.0. The molecule has 0 saturated heterocycles. The molecule has 0 bridgehead atoms. The van der Waals surface area contributed by atoms with Crippen molar-refractivity contribution in [2.45, 2.75) is 185 Å². The third-order valence-corrected chi connectivity index (χ3v) is 54.9. The maximum absolute atomic E-state index is 16.0. The summed E-state index contributed by atoms with van der Waals surface area (Å²) in [6.45, 7) is 0. The summed E-state index contributed by atoms with van der Waals surface area (Å²) in [6, 6.07) is 0. The lowest BCUT2D eigenvalue weighted by Crippen LogP contribution is -2.56. The number of rotatable bonds is 36. The number of hydrogen-bond acceptors (Lipinski definition) is 4. The topological polar surface area (TPSA) is 44.8 Å². The summed E-state index contributed by atoms with van der Waals surface area (Å²) < 4.78 is 22.8. The molecule has 3 unspecified atom stereocenters. The van der Waals surface area contributed by atoms with Crippen LogP contribution in [-0.4, -0.2) is 50.6 Å². The molecule has 0 aromatic rings. The highest BCUT2D eigenvalue weighted by atomic mass is 80.0. The molecular formula is C36H45Br30O4P. The minimum absolute atomic E-state index is 0.215. The fourth-order valence-corrected chi connectivity index (χ4v) is 27.8. The van der Waals surface area contributed by atoms with E-state index in [-0.39, 0.29) is 20.9 Å². The lowest BCUT2D eigenvalue weighted by atomic mass is 10.1. The van der Waals surface area contributed by atoms with Crippen LogP contribution < -0.4 is 0 Å². The van der Waals surface area contributed by atoms with Crippen LogP contribution in [0.25, 0.3) is 0 Å². The Hall–Kier alpha value is 14.5. The first kappa shape index (κ1) is 85.5. The van der Waals surface area contributed by atoms with E-state index in [1.165, 1.54) is 0 Å². The van der Waals surface area contributed by atoms with E-state index >= 15 is 4.57 Å². The fourth-order valence-electron chi connectivity index (χ4n) is 5.90. The SMILES string of the molecule is O=P(OC(Br)(Br)C(Br)(Br)C(Br)(Br)C(Br)CCCCCCCC(Br)(Br)Br)(OC(Br)(Br)C(Br)(Br)C(Br)(Br)C(Br)CCCCCCCC(Br)(Br)Br)OC(Br)(Br)C(Br)(Br)C(Br)(Br)C(Br)CCCCCCCC(Br)(Br)Br. The van der Waals surface area contributed by atoms with Crippen molar-refractivity contribution >= 4 is 486 Å². The van der Waals surface area contributed by atoms with Crippen LogP contribution >= 0.6 is 486 Å². The van der Waals surface area contributed by atoms with Crippen LogP contribution in [0.3, 0.4) is 0 Å². The van der Waals surface area contributed by atoms with Crippen molar-refractivity contribution in [1.29, 1.82) is 0 Å². The average molecular weight is 2970 g/mol. The van der Waals surface area contributed by atoms with E-state index in [2.05, 4.69) is 478 Å². The van der Waals surface area contributed by atoms with Gasteiger partial charge in [-0.1, -0.05) is 479 Å². The van der Waals surface area contributed by atoms with Crippen LogP contribution in [0.4, 0.5) is 0 Å². The lowest BCUT2D eigenvalue weighted by Gasteiger charge is -2.49. The Morgan fingerprint density at radius 1 is 0.282 bits per heavy atom. The Balaban J connectivity index is 6.91. The maximum Gasteiger partial charge on any atom is 0.481 e. The number of alkyl halides is 30. The molecule has 0 fully saturated rings. The molecule has 0 saturated carbocycles. The van der Waals surface area contributed by atoms with Crippen LogP contribution in [0.2, 0.25) is 0 Å². The zero-order valence-electron chi connectivity index (χ0n) is 36.0. The highest BCUT2D eigenvalue weighted by Gasteiger charge is 2.70. The third-order valence-electron chi connectivity index (χ3n) is 9.97. The molecule has 3 atom stereocenters. The standard InChI is InChI=1S/C36H45Br30O4P/c37-22(16-10-4-1-7-13-19-25(40,41)42)28(49,50)31(55,56)34(61,62)68-71(67,69-35(63,64)32(57,58)29(51,52)23(38)17-11-5-2-8-14-20-26(43,44)45)70-36(65,66)33(59,60)30(53,54)24(39)18-12-6-3-9-15-21-27(46,47)48/h22-24H,1-21H2. The Labute approximate surface area is 674 Å². The van der Waals surface area contributed by atoms with Gasteiger partial charge in [-0.15, -0.1) is 0 Å². The third kappa shape index (κ3) is 30.4. The van der Waals surface area contributed by atoms with Gasteiger partial charge >= 0.3 is 7.82 Å². The Kier molecular flexibility index (Phi) is 45.1. The highest BCUT2D eigenvalue weighted by molar-refractivity contribution is 9.40. The number of phosphoric ester groups is 1. The Morgan fingerprint density at radius 2 is 0.451 bits per heavy atom. The number of phosphoric acid groups is 1. The summed E-state index contributed by atoms with van der Waals surface area (Å²) in [4.78, 5) is -0.644. The quantitative estimate of drug-likeness (QED) is 0.0356. The Bertz CT molecular complexity index is 1420. The number of hydrogen-bond donors (Lipinski definition) is 0. The molecule has 0 heterocycles. The van der Waals surface area contributed by atoms with Crippen molar-refractivity contribution in [2.24, 2.45) is 0 Å². The van der Waals surface area contributed by atoms with Gasteiger partial charge in [0.25, 0.3) is 0 Å². The average Bonchev–Trinajstić information content (AvgIpc) is 3.16.